The Morgan fingerprint density at radius 1 is 1.08 bits per heavy atom. The molecule has 1 aromatic carbocycles. The van der Waals surface area contributed by atoms with Crippen LogP contribution in [0.5, 0.6) is 0 Å². The number of pyridine rings is 1. The van der Waals surface area contributed by atoms with Gasteiger partial charge in [0.25, 0.3) is 5.56 Å². The first-order chi connectivity index (χ1) is 12.0. The van der Waals surface area contributed by atoms with Crippen molar-refractivity contribution in [3.8, 4) is 0 Å². The number of aromatic nitrogens is 3. The standard InChI is InChI=1S/C20H17N3O2/c1-12-5-7-14-13(10-12)6-8-17-15(4-3-9-21-17)18(14)16-11-23(2)20(25)22-19(16)24/h3-11,18H,1-2H3,(H,22,24,25). The summed E-state index contributed by atoms with van der Waals surface area (Å²) in [6, 6.07) is 10.0. The number of hydrogen-bond acceptors (Lipinski definition) is 3. The van der Waals surface area contributed by atoms with E-state index in [1.807, 2.05) is 43.3 Å². The van der Waals surface area contributed by atoms with Gasteiger partial charge >= 0.3 is 5.69 Å². The number of benzene rings is 1. The third kappa shape index (κ3) is 2.54. The van der Waals surface area contributed by atoms with Crippen LogP contribution in [-0.2, 0) is 7.05 Å². The summed E-state index contributed by atoms with van der Waals surface area (Å²) in [4.78, 5) is 31.2. The number of aryl methyl sites for hydroxylation is 2. The van der Waals surface area contributed by atoms with E-state index in [9.17, 15) is 9.59 Å². The molecule has 5 nitrogen and oxygen atoms in total. The Kier molecular flexibility index (Phi) is 3.50. The first-order valence-corrected chi connectivity index (χ1v) is 8.08. The van der Waals surface area contributed by atoms with E-state index in [1.165, 1.54) is 4.57 Å². The second-order valence-corrected chi connectivity index (χ2v) is 6.33. The van der Waals surface area contributed by atoms with Crippen molar-refractivity contribution in [2.24, 2.45) is 7.05 Å². The molecule has 124 valence electrons. The van der Waals surface area contributed by atoms with Gasteiger partial charge in [0.05, 0.1) is 5.69 Å². The topological polar surface area (TPSA) is 67.8 Å². The Labute approximate surface area is 144 Å². The molecule has 2 heterocycles. The van der Waals surface area contributed by atoms with E-state index < -0.39 is 5.69 Å². The molecule has 5 heteroatoms. The van der Waals surface area contributed by atoms with E-state index in [1.54, 1.807) is 19.4 Å². The van der Waals surface area contributed by atoms with Crippen LogP contribution in [0.4, 0.5) is 0 Å². The maximum Gasteiger partial charge on any atom is 0.328 e. The Hall–Kier alpha value is -3.21. The Morgan fingerprint density at radius 3 is 2.76 bits per heavy atom. The fourth-order valence-corrected chi connectivity index (χ4v) is 3.38. The van der Waals surface area contributed by atoms with Gasteiger partial charge < -0.3 is 4.57 Å². The zero-order valence-electron chi connectivity index (χ0n) is 14.0. The number of nitrogens with one attached hydrogen (secondary N) is 1. The molecule has 1 atom stereocenters. The smallest absolute Gasteiger partial charge is 0.303 e. The van der Waals surface area contributed by atoms with E-state index in [4.69, 9.17) is 0 Å². The van der Waals surface area contributed by atoms with E-state index in [0.29, 0.717) is 5.56 Å². The summed E-state index contributed by atoms with van der Waals surface area (Å²) in [6.45, 7) is 2.04. The Bertz CT molecular complexity index is 1120. The van der Waals surface area contributed by atoms with Crippen LogP contribution in [0.2, 0.25) is 0 Å². The van der Waals surface area contributed by atoms with Crippen LogP contribution in [-0.4, -0.2) is 14.5 Å². The predicted molar refractivity (Wildman–Crippen MR) is 97.6 cm³/mol. The lowest BCUT2D eigenvalue weighted by Gasteiger charge is -2.20. The number of rotatable bonds is 1. The lowest BCUT2D eigenvalue weighted by molar-refractivity contribution is 0.764. The highest BCUT2D eigenvalue weighted by Gasteiger charge is 2.26. The number of fused-ring (bicyclic) bond motifs is 2. The summed E-state index contributed by atoms with van der Waals surface area (Å²) in [5.74, 6) is -0.287. The molecule has 0 saturated carbocycles. The summed E-state index contributed by atoms with van der Waals surface area (Å²) in [6.07, 6.45) is 7.37. The van der Waals surface area contributed by atoms with Gasteiger partial charge in [-0.1, -0.05) is 35.9 Å². The minimum atomic E-state index is -0.420. The molecular formula is C20H17N3O2. The van der Waals surface area contributed by atoms with Gasteiger partial charge in [0.15, 0.2) is 0 Å². The maximum absolute atomic E-state index is 12.6. The van der Waals surface area contributed by atoms with Crippen LogP contribution in [0.3, 0.4) is 0 Å². The summed E-state index contributed by atoms with van der Waals surface area (Å²) in [5, 5.41) is 0. The molecule has 0 radical (unpaired) electrons. The van der Waals surface area contributed by atoms with Crippen LogP contribution in [0.1, 0.15) is 39.4 Å². The van der Waals surface area contributed by atoms with Gasteiger partial charge in [-0.2, -0.15) is 0 Å². The molecule has 1 unspecified atom stereocenters. The quantitative estimate of drug-likeness (QED) is 0.582. The van der Waals surface area contributed by atoms with Gasteiger partial charge in [0.1, 0.15) is 0 Å². The van der Waals surface area contributed by atoms with E-state index >= 15 is 0 Å². The van der Waals surface area contributed by atoms with Crippen LogP contribution in [0, 0.1) is 6.92 Å². The van der Waals surface area contributed by atoms with E-state index in [0.717, 1.165) is 27.9 Å². The maximum atomic E-state index is 12.6. The molecule has 0 fully saturated rings. The van der Waals surface area contributed by atoms with Gasteiger partial charge in [-0.15, -0.1) is 0 Å². The molecule has 1 N–H and O–H groups in total. The fraction of sp³-hybridized carbons (Fsp3) is 0.150. The lowest BCUT2D eigenvalue weighted by atomic mass is 9.84. The Morgan fingerprint density at radius 2 is 1.92 bits per heavy atom. The third-order valence-electron chi connectivity index (χ3n) is 4.60. The molecule has 1 aliphatic carbocycles. The zero-order chi connectivity index (χ0) is 17.6. The van der Waals surface area contributed by atoms with Crippen LogP contribution in [0.25, 0.3) is 12.2 Å². The van der Waals surface area contributed by atoms with Gasteiger partial charge in [-0.3, -0.25) is 14.8 Å². The van der Waals surface area contributed by atoms with Crippen molar-refractivity contribution >= 4 is 12.2 Å². The minimum absolute atomic E-state index is 0.287. The molecular weight excluding hydrogens is 314 g/mol. The predicted octanol–water partition coefficient (Wildman–Crippen LogP) is 2.44. The molecule has 1 aliphatic rings. The average molecular weight is 331 g/mol. The van der Waals surface area contributed by atoms with Gasteiger partial charge in [0.2, 0.25) is 0 Å². The second-order valence-electron chi connectivity index (χ2n) is 6.33. The van der Waals surface area contributed by atoms with Crippen LogP contribution in [0.15, 0.2) is 52.3 Å². The van der Waals surface area contributed by atoms with Crippen molar-refractivity contribution in [3.63, 3.8) is 0 Å². The summed E-state index contributed by atoms with van der Waals surface area (Å²) >= 11 is 0. The second kappa shape index (κ2) is 5.70. The monoisotopic (exact) mass is 331 g/mol. The van der Waals surface area contributed by atoms with Gasteiger partial charge in [-0.05, 0) is 35.8 Å². The molecule has 0 amide bonds. The average Bonchev–Trinajstić information content (AvgIpc) is 2.75. The molecule has 0 bridgehead atoms. The lowest BCUT2D eigenvalue weighted by Crippen LogP contribution is -2.31. The number of nitrogens with zero attached hydrogens (tertiary/aromatic N) is 2. The summed E-state index contributed by atoms with van der Waals surface area (Å²) < 4.78 is 1.40. The molecule has 0 aliphatic heterocycles. The zero-order valence-corrected chi connectivity index (χ0v) is 14.0. The largest absolute Gasteiger partial charge is 0.328 e. The van der Waals surface area contributed by atoms with Crippen molar-refractivity contribution in [2.75, 3.05) is 0 Å². The van der Waals surface area contributed by atoms with Crippen molar-refractivity contribution < 1.29 is 0 Å². The third-order valence-corrected chi connectivity index (χ3v) is 4.60. The number of aromatic amines is 1. The van der Waals surface area contributed by atoms with E-state index in [-0.39, 0.29) is 11.5 Å². The normalized spacial score (nSPS) is 15.4. The van der Waals surface area contributed by atoms with Crippen molar-refractivity contribution in [1.29, 1.82) is 0 Å². The molecule has 2 aromatic heterocycles. The van der Waals surface area contributed by atoms with Crippen LogP contribution >= 0.6 is 0 Å². The van der Waals surface area contributed by atoms with Crippen molar-refractivity contribution in [1.82, 2.24) is 14.5 Å². The summed E-state index contributed by atoms with van der Waals surface area (Å²) in [7, 11) is 1.64. The highest BCUT2D eigenvalue weighted by molar-refractivity contribution is 5.76. The molecule has 4 rings (SSSR count). The Balaban J connectivity index is 2.08. The first kappa shape index (κ1) is 15.3. The minimum Gasteiger partial charge on any atom is -0.303 e. The molecule has 0 spiro atoms. The first-order valence-electron chi connectivity index (χ1n) is 8.08. The van der Waals surface area contributed by atoms with Gasteiger partial charge in [0, 0.05) is 30.9 Å². The fourth-order valence-electron chi connectivity index (χ4n) is 3.38. The molecule has 3 aromatic rings. The number of H-pyrrole nitrogens is 1. The number of hydrogen-bond donors (Lipinski definition) is 1. The SMILES string of the molecule is Cc1ccc2c(c1)C=Cc1ncccc1C2c1cn(C)c(=O)[nH]c1=O. The highest BCUT2D eigenvalue weighted by Crippen LogP contribution is 2.37. The molecule has 0 saturated heterocycles. The summed E-state index contributed by atoms with van der Waals surface area (Å²) in [5.41, 5.74) is 4.75. The molecule has 25 heavy (non-hydrogen) atoms. The van der Waals surface area contributed by atoms with E-state index in [2.05, 4.69) is 16.0 Å². The van der Waals surface area contributed by atoms with Crippen molar-refractivity contribution in [3.05, 3.63) is 97.1 Å². The van der Waals surface area contributed by atoms with Gasteiger partial charge in [-0.25, -0.2) is 4.79 Å². The highest BCUT2D eigenvalue weighted by atomic mass is 16.2. The van der Waals surface area contributed by atoms with Crippen molar-refractivity contribution in [2.45, 2.75) is 12.8 Å². The van der Waals surface area contributed by atoms with Crippen LogP contribution < -0.4 is 11.2 Å².